The molecule has 1 N–H and O–H groups in total. The summed E-state index contributed by atoms with van der Waals surface area (Å²) in [5.41, 5.74) is -2.24. The van der Waals surface area contributed by atoms with Gasteiger partial charge in [-0.25, -0.2) is 13.8 Å². The van der Waals surface area contributed by atoms with Crippen LogP contribution >= 0.6 is 11.6 Å². The second kappa shape index (κ2) is 4.35. The number of nitrogens with zero attached hydrogens (tertiary/aromatic N) is 1. The molecule has 1 heterocycles. The van der Waals surface area contributed by atoms with E-state index in [0.29, 0.717) is 6.07 Å². The fourth-order valence-corrected chi connectivity index (χ4v) is 1.26. The van der Waals surface area contributed by atoms with Gasteiger partial charge in [-0.05, 0) is 4.92 Å². The first-order valence-electron chi connectivity index (χ1n) is 3.72. The maximum atomic E-state index is 12.4. The van der Waals surface area contributed by atoms with Crippen molar-refractivity contribution in [3.05, 3.63) is 37.7 Å². The lowest BCUT2D eigenvalue weighted by Crippen LogP contribution is -2.14. The number of nitro groups is 1. The van der Waals surface area contributed by atoms with Gasteiger partial charge in [0.1, 0.15) is 11.3 Å². The van der Waals surface area contributed by atoms with Gasteiger partial charge in [0.15, 0.2) is 5.43 Å². The third kappa shape index (κ3) is 2.30. The number of pyridine rings is 1. The average molecular weight is 239 g/mol. The number of hydrogen-bond acceptors (Lipinski definition) is 3. The molecule has 0 bridgehead atoms. The molecule has 1 rings (SSSR count). The zero-order valence-corrected chi connectivity index (χ0v) is 7.92. The van der Waals surface area contributed by atoms with Crippen molar-refractivity contribution in [2.75, 3.05) is 0 Å². The van der Waals surface area contributed by atoms with Gasteiger partial charge in [-0.3, -0.25) is 4.79 Å². The van der Waals surface area contributed by atoms with E-state index in [2.05, 4.69) is 4.98 Å². The summed E-state index contributed by atoms with van der Waals surface area (Å²) in [7, 11) is 0. The highest BCUT2D eigenvalue weighted by Gasteiger charge is 2.22. The predicted octanol–water partition coefficient (Wildman–Crippen LogP) is 1.96. The lowest BCUT2D eigenvalue weighted by atomic mass is 10.2. The van der Waals surface area contributed by atoms with Crippen molar-refractivity contribution in [1.82, 2.24) is 4.98 Å². The molecule has 0 fully saturated rings. The first kappa shape index (κ1) is 11.6. The van der Waals surface area contributed by atoms with E-state index in [1.807, 2.05) is 0 Å². The summed E-state index contributed by atoms with van der Waals surface area (Å²) in [5, 5.41) is 10.3. The minimum atomic E-state index is -3.01. The van der Waals surface area contributed by atoms with Gasteiger partial charge >= 0.3 is 5.82 Å². The van der Waals surface area contributed by atoms with Gasteiger partial charge < -0.3 is 10.1 Å². The number of aromatic amines is 1. The SMILES string of the molecule is O=c1cc([N+](=O)[O-])[nH]c(CCl)c1C(F)F. The molecular weight excluding hydrogens is 234 g/mol. The molecule has 82 valence electrons. The molecule has 0 saturated carbocycles. The van der Waals surface area contributed by atoms with E-state index in [-0.39, 0.29) is 5.69 Å². The zero-order chi connectivity index (χ0) is 11.6. The Labute approximate surface area is 86.8 Å². The average Bonchev–Trinajstić information content (AvgIpc) is 2.15. The summed E-state index contributed by atoms with van der Waals surface area (Å²) < 4.78 is 24.7. The molecule has 0 aliphatic carbocycles. The predicted molar refractivity (Wildman–Crippen MR) is 48.2 cm³/mol. The largest absolute Gasteiger partial charge is 0.358 e. The highest BCUT2D eigenvalue weighted by Crippen LogP contribution is 2.21. The lowest BCUT2D eigenvalue weighted by molar-refractivity contribution is -0.389. The van der Waals surface area contributed by atoms with Crippen LogP contribution in [0.15, 0.2) is 10.9 Å². The van der Waals surface area contributed by atoms with Crippen molar-refractivity contribution in [3.63, 3.8) is 0 Å². The Balaban J connectivity index is 3.44. The standard InChI is InChI=1S/C7H5ClF2N2O3/c8-2-3-6(7(9)10)4(13)1-5(11-3)12(14)15/h1,7H,2H2,(H,11,13). The third-order valence-corrected chi connectivity index (χ3v) is 1.95. The molecule has 0 amide bonds. The summed E-state index contributed by atoms with van der Waals surface area (Å²) in [6.45, 7) is 0. The molecule has 1 aromatic heterocycles. The van der Waals surface area contributed by atoms with E-state index in [9.17, 15) is 23.7 Å². The van der Waals surface area contributed by atoms with Crippen molar-refractivity contribution in [2.24, 2.45) is 0 Å². The van der Waals surface area contributed by atoms with Crippen LogP contribution in [0.4, 0.5) is 14.6 Å². The number of aromatic nitrogens is 1. The van der Waals surface area contributed by atoms with Gasteiger partial charge in [-0.15, -0.1) is 11.6 Å². The quantitative estimate of drug-likeness (QED) is 0.497. The van der Waals surface area contributed by atoms with Crippen molar-refractivity contribution < 1.29 is 13.7 Å². The molecule has 15 heavy (non-hydrogen) atoms. The van der Waals surface area contributed by atoms with E-state index < -0.39 is 34.0 Å². The molecule has 0 aliphatic heterocycles. The number of nitrogens with one attached hydrogen (secondary N) is 1. The van der Waals surface area contributed by atoms with Gasteiger partial charge in [-0.2, -0.15) is 0 Å². The molecule has 8 heteroatoms. The van der Waals surface area contributed by atoms with Gasteiger partial charge in [0.25, 0.3) is 6.43 Å². The maximum absolute atomic E-state index is 12.4. The van der Waals surface area contributed by atoms with E-state index in [1.165, 1.54) is 0 Å². The topological polar surface area (TPSA) is 76.0 Å². The summed E-state index contributed by atoms with van der Waals surface area (Å²) in [5.74, 6) is -1.07. The van der Waals surface area contributed by atoms with Gasteiger partial charge in [0.2, 0.25) is 0 Å². The maximum Gasteiger partial charge on any atom is 0.324 e. The van der Waals surface area contributed by atoms with Crippen LogP contribution in [0.2, 0.25) is 0 Å². The molecule has 0 unspecified atom stereocenters. The molecule has 0 aliphatic rings. The van der Waals surface area contributed by atoms with Crippen molar-refractivity contribution in [2.45, 2.75) is 12.3 Å². The molecular formula is C7H5ClF2N2O3. The number of alkyl halides is 3. The Morgan fingerprint density at radius 1 is 1.60 bits per heavy atom. The molecule has 0 atom stereocenters. The molecule has 1 aromatic rings. The Hall–Kier alpha value is -1.50. The Bertz CT molecular complexity index is 446. The minimum absolute atomic E-state index is 0.328. The summed E-state index contributed by atoms with van der Waals surface area (Å²) in [6.07, 6.45) is -3.01. The fraction of sp³-hybridized carbons (Fsp3) is 0.286. The molecule has 5 nitrogen and oxygen atoms in total. The second-order valence-electron chi connectivity index (χ2n) is 2.60. The van der Waals surface area contributed by atoms with E-state index in [0.717, 1.165) is 0 Å². The minimum Gasteiger partial charge on any atom is -0.358 e. The van der Waals surface area contributed by atoms with E-state index in [1.54, 1.807) is 0 Å². The van der Waals surface area contributed by atoms with Crippen molar-refractivity contribution >= 4 is 17.4 Å². The lowest BCUT2D eigenvalue weighted by Gasteiger charge is -2.03. The van der Waals surface area contributed by atoms with Crippen molar-refractivity contribution in [1.29, 1.82) is 0 Å². The molecule has 0 radical (unpaired) electrons. The number of hydrogen-bond donors (Lipinski definition) is 1. The highest BCUT2D eigenvalue weighted by molar-refractivity contribution is 6.17. The molecule has 0 saturated heterocycles. The van der Waals surface area contributed by atoms with Crippen LogP contribution < -0.4 is 5.43 Å². The number of H-pyrrole nitrogens is 1. The Morgan fingerprint density at radius 2 is 2.20 bits per heavy atom. The van der Waals surface area contributed by atoms with E-state index >= 15 is 0 Å². The summed E-state index contributed by atoms with van der Waals surface area (Å²) >= 11 is 5.30. The van der Waals surface area contributed by atoms with Gasteiger partial charge in [-0.1, -0.05) is 0 Å². The van der Waals surface area contributed by atoms with Crippen LogP contribution in [0, 0.1) is 10.1 Å². The third-order valence-electron chi connectivity index (χ3n) is 1.69. The first-order valence-corrected chi connectivity index (χ1v) is 4.25. The summed E-state index contributed by atoms with van der Waals surface area (Å²) in [6, 6.07) is 0.511. The van der Waals surface area contributed by atoms with Crippen LogP contribution in [0.1, 0.15) is 17.7 Å². The monoisotopic (exact) mass is 238 g/mol. The van der Waals surface area contributed by atoms with Crippen LogP contribution in [-0.2, 0) is 5.88 Å². The first-order chi connectivity index (χ1) is 6.97. The Morgan fingerprint density at radius 3 is 2.60 bits per heavy atom. The van der Waals surface area contributed by atoms with Gasteiger partial charge in [0.05, 0.1) is 11.9 Å². The number of halogens is 3. The summed E-state index contributed by atoms with van der Waals surface area (Å²) in [4.78, 5) is 22.6. The highest BCUT2D eigenvalue weighted by atomic mass is 35.5. The normalized spacial score (nSPS) is 10.7. The molecule has 0 aromatic carbocycles. The fourth-order valence-electron chi connectivity index (χ4n) is 1.05. The van der Waals surface area contributed by atoms with Crippen LogP contribution in [0.5, 0.6) is 0 Å². The second-order valence-corrected chi connectivity index (χ2v) is 2.87. The van der Waals surface area contributed by atoms with Crippen molar-refractivity contribution in [3.8, 4) is 0 Å². The number of rotatable bonds is 3. The van der Waals surface area contributed by atoms with Crippen LogP contribution in [-0.4, -0.2) is 9.91 Å². The van der Waals surface area contributed by atoms with Crippen LogP contribution in [0.3, 0.4) is 0 Å². The van der Waals surface area contributed by atoms with Crippen LogP contribution in [0.25, 0.3) is 0 Å². The Kier molecular flexibility index (Phi) is 3.35. The van der Waals surface area contributed by atoms with Gasteiger partial charge in [0, 0.05) is 0 Å². The zero-order valence-electron chi connectivity index (χ0n) is 7.17. The van der Waals surface area contributed by atoms with E-state index in [4.69, 9.17) is 11.6 Å². The molecule has 0 spiro atoms. The smallest absolute Gasteiger partial charge is 0.324 e.